The monoisotopic (exact) mass is 187 g/mol. The molecule has 0 aromatic carbocycles. The van der Waals surface area contributed by atoms with E-state index in [2.05, 4.69) is 12.2 Å². The van der Waals surface area contributed by atoms with Crippen LogP contribution < -0.4 is 5.32 Å². The third kappa shape index (κ3) is 1.88. The zero-order chi connectivity index (χ0) is 10.3. The van der Waals surface area contributed by atoms with E-state index >= 15 is 0 Å². The number of rotatable bonds is 1. The fourth-order valence-corrected chi connectivity index (χ4v) is 2.28. The van der Waals surface area contributed by atoms with Crippen molar-refractivity contribution in [3.63, 3.8) is 0 Å². The molecule has 1 aliphatic rings. The smallest absolute Gasteiger partial charge is 0.117 e. The van der Waals surface area contributed by atoms with Gasteiger partial charge in [-0.2, -0.15) is 0 Å². The highest BCUT2D eigenvalue weighted by molar-refractivity contribution is 5.02. The fraction of sp³-hybridized carbons (Fsp3) is 1.00. The zero-order valence-corrected chi connectivity index (χ0v) is 9.45. The van der Waals surface area contributed by atoms with Gasteiger partial charge in [0.05, 0.1) is 0 Å². The van der Waals surface area contributed by atoms with Crippen molar-refractivity contribution in [2.24, 2.45) is 11.3 Å². The van der Waals surface area contributed by atoms with Gasteiger partial charge in [0.15, 0.2) is 0 Å². The summed E-state index contributed by atoms with van der Waals surface area (Å²) in [7, 11) is 1.93. The first-order valence-electron chi connectivity index (χ1n) is 5.16. The molecule has 0 aromatic heterocycles. The molecule has 78 valence electrons. The fourth-order valence-electron chi connectivity index (χ4n) is 2.28. The number of hydrogen-bond donors (Lipinski definition) is 1. The molecule has 0 radical (unpaired) electrons. The van der Waals surface area contributed by atoms with Gasteiger partial charge in [0.2, 0.25) is 0 Å². The Balaban J connectivity index is 2.76. The highest BCUT2D eigenvalue weighted by Crippen LogP contribution is 2.48. The third-order valence-corrected chi connectivity index (χ3v) is 3.59. The molecule has 1 fully saturated rings. The van der Waals surface area contributed by atoms with Gasteiger partial charge < -0.3 is 5.32 Å². The normalized spacial score (nSPS) is 41.1. The van der Waals surface area contributed by atoms with Gasteiger partial charge in [0.1, 0.15) is 5.67 Å². The van der Waals surface area contributed by atoms with E-state index in [0.29, 0.717) is 24.8 Å². The van der Waals surface area contributed by atoms with E-state index in [9.17, 15) is 4.39 Å². The quantitative estimate of drug-likeness (QED) is 0.665. The molecule has 1 N–H and O–H groups in total. The Labute approximate surface area is 81.1 Å². The molecule has 1 saturated carbocycles. The molecule has 2 heteroatoms. The van der Waals surface area contributed by atoms with Crippen LogP contribution in [-0.4, -0.2) is 18.8 Å². The lowest BCUT2D eigenvalue weighted by Crippen LogP contribution is -2.37. The number of hydrogen-bond acceptors (Lipinski definition) is 1. The molecule has 3 atom stereocenters. The lowest BCUT2D eigenvalue weighted by Gasteiger charge is -2.34. The lowest BCUT2D eigenvalue weighted by molar-refractivity contribution is 0.0316. The van der Waals surface area contributed by atoms with Gasteiger partial charge in [-0.25, -0.2) is 4.39 Å². The summed E-state index contributed by atoms with van der Waals surface area (Å²) in [5.74, 6) is 0.453. The minimum Gasteiger partial charge on any atom is -0.317 e. The van der Waals surface area contributed by atoms with Gasteiger partial charge in [-0.15, -0.1) is 0 Å². The van der Waals surface area contributed by atoms with Gasteiger partial charge in [0, 0.05) is 6.04 Å². The second kappa shape index (κ2) is 3.23. The minimum absolute atomic E-state index is 0.229. The van der Waals surface area contributed by atoms with Crippen molar-refractivity contribution in [3.8, 4) is 0 Å². The Kier molecular flexibility index (Phi) is 2.73. The summed E-state index contributed by atoms with van der Waals surface area (Å²) in [5.41, 5.74) is -1.22. The number of halogens is 1. The van der Waals surface area contributed by atoms with Gasteiger partial charge >= 0.3 is 0 Å². The molecule has 0 aliphatic heterocycles. The van der Waals surface area contributed by atoms with E-state index in [0.717, 1.165) is 0 Å². The topological polar surface area (TPSA) is 12.0 Å². The maximum Gasteiger partial charge on any atom is 0.117 e. The molecule has 1 rings (SSSR count). The summed E-state index contributed by atoms with van der Waals surface area (Å²) in [6.45, 7) is 8.13. The van der Waals surface area contributed by atoms with Crippen LogP contribution in [0.5, 0.6) is 0 Å². The summed E-state index contributed by atoms with van der Waals surface area (Å²) >= 11 is 0. The highest BCUT2D eigenvalue weighted by Gasteiger charge is 2.50. The SMILES string of the molecule is CNC1CC(F)(C(C)(C)C)CC1C. The average Bonchev–Trinajstić information content (AvgIpc) is 2.26. The van der Waals surface area contributed by atoms with Crippen LogP contribution in [0.3, 0.4) is 0 Å². The molecule has 0 amide bonds. The van der Waals surface area contributed by atoms with Gasteiger partial charge in [0.25, 0.3) is 0 Å². The van der Waals surface area contributed by atoms with Crippen LogP contribution in [-0.2, 0) is 0 Å². The van der Waals surface area contributed by atoms with Crippen molar-refractivity contribution in [1.29, 1.82) is 0 Å². The molecule has 13 heavy (non-hydrogen) atoms. The van der Waals surface area contributed by atoms with Crippen LogP contribution in [0.2, 0.25) is 0 Å². The number of nitrogens with one attached hydrogen (secondary N) is 1. The predicted molar refractivity (Wildman–Crippen MR) is 54.5 cm³/mol. The molecule has 0 bridgehead atoms. The number of alkyl halides is 1. The van der Waals surface area contributed by atoms with Gasteiger partial charge in [-0.05, 0) is 31.2 Å². The molecule has 0 aromatic rings. The van der Waals surface area contributed by atoms with E-state index in [1.54, 1.807) is 0 Å². The second-order valence-electron chi connectivity index (χ2n) is 5.50. The van der Waals surface area contributed by atoms with Crippen molar-refractivity contribution >= 4 is 0 Å². The molecular formula is C11H22FN. The summed E-state index contributed by atoms with van der Waals surface area (Å²) in [4.78, 5) is 0. The first-order chi connectivity index (χ1) is 5.80. The highest BCUT2D eigenvalue weighted by atomic mass is 19.1. The zero-order valence-electron chi connectivity index (χ0n) is 9.45. The van der Waals surface area contributed by atoms with Gasteiger partial charge in [-0.3, -0.25) is 0 Å². The molecular weight excluding hydrogens is 165 g/mol. The van der Waals surface area contributed by atoms with Crippen LogP contribution in [0, 0.1) is 11.3 Å². The standard InChI is InChI=1S/C11H22FN/c1-8-6-11(12,10(2,3)4)7-9(8)13-5/h8-9,13H,6-7H2,1-5H3. The Bertz CT molecular complexity index is 185. The maximum absolute atomic E-state index is 14.5. The lowest BCUT2D eigenvalue weighted by atomic mass is 9.76. The summed E-state index contributed by atoms with van der Waals surface area (Å²) < 4.78 is 14.5. The minimum atomic E-state index is -0.986. The molecule has 1 nitrogen and oxygen atoms in total. The van der Waals surface area contributed by atoms with Gasteiger partial charge in [-0.1, -0.05) is 27.7 Å². The van der Waals surface area contributed by atoms with Crippen molar-refractivity contribution < 1.29 is 4.39 Å². The van der Waals surface area contributed by atoms with Crippen molar-refractivity contribution in [2.75, 3.05) is 7.05 Å². The molecule has 3 unspecified atom stereocenters. The maximum atomic E-state index is 14.5. The Hall–Kier alpha value is -0.110. The largest absolute Gasteiger partial charge is 0.317 e. The van der Waals surface area contributed by atoms with Crippen molar-refractivity contribution in [1.82, 2.24) is 5.32 Å². The summed E-state index contributed by atoms with van der Waals surface area (Å²) in [5, 5.41) is 3.20. The first-order valence-corrected chi connectivity index (χ1v) is 5.16. The summed E-state index contributed by atoms with van der Waals surface area (Å²) in [6, 6.07) is 0.351. The van der Waals surface area contributed by atoms with E-state index in [-0.39, 0.29) is 5.41 Å². The Morgan fingerprint density at radius 3 is 2.08 bits per heavy atom. The van der Waals surface area contributed by atoms with E-state index in [1.807, 2.05) is 27.8 Å². The Morgan fingerprint density at radius 1 is 1.31 bits per heavy atom. The second-order valence-corrected chi connectivity index (χ2v) is 5.50. The molecule has 0 saturated heterocycles. The van der Waals surface area contributed by atoms with E-state index in [4.69, 9.17) is 0 Å². The van der Waals surface area contributed by atoms with Crippen molar-refractivity contribution in [3.05, 3.63) is 0 Å². The summed E-state index contributed by atoms with van der Waals surface area (Å²) in [6.07, 6.45) is 1.36. The van der Waals surface area contributed by atoms with E-state index in [1.165, 1.54) is 0 Å². The van der Waals surface area contributed by atoms with Crippen LogP contribution in [0.4, 0.5) is 4.39 Å². The molecule has 1 aliphatic carbocycles. The predicted octanol–water partition coefficient (Wildman–Crippen LogP) is 2.76. The molecule has 0 heterocycles. The Morgan fingerprint density at radius 2 is 1.85 bits per heavy atom. The van der Waals surface area contributed by atoms with Crippen molar-refractivity contribution in [2.45, 2.75) is 52.2 Å². The first kappa shape index (κ1) is 11.0. The average molecular weight is 187 g/mol. The molecule has 0 spiro atoms. The van der Waals surface area contributed by atoms with Crippen LogP contribution >= 0.6 is 0 Å². The van der Waals surface area contributed by atoms with Crippen LogP contribution in [0.15, 0.2) is 0 Å². The van der Waals surface area contributed by atoms with Crippen LogP contribution in [0.1, 0.15) is 40.5 Å². The van der Waals surface area contributed by atoms with Crippen LogP contribution in [0.25, 0.3) is 0 Å². The third-order valence-electron chi connectivity index (χ3n) is 3.59. The van der Waals surface area contributed by atoms with E-state index < -0.39 is 5.67 Å².